The predicted octanol–water partition coefficient (Wildman–Crippen LogP) is 4.43. The first-order valence-corrected chi connectivity index (χ1v) is 11.7. The first-order valence-electron chi connectivity index (χ1n) is 10.8. The van der Waals surface area contributed by atoms with Gasteiger partial charge in [0.25, 0.3) is 5.69 Å². The Hall–Kier alpha value is -3.86. The maximum atomic E-state index is 13.3. The minimum absolute atomic E-state index is 0.132. The highest BCUT2D eigenvalue weighted by atomic mass is 32.2. The van der Waals surface area contributed by atoms with Gasteiger partial charge < -0.3 is 14.8 Å². The molecule has 11 heteroatoms. The fourth-order valence-corrected chi connectivity index (χ4v) is 4.62. The SMILES string of the molecule is CCNC(=O)N1C(SCc2ccc(OC)cc2)=NC(C)=C(C(=O)OC)C1c1cccc([N+](=O)[O-])c1. The molecule has 10 nitrogen and oxygen atoms in total. The number of thioether (sulfide) groups is 1. The zero-order valence-electron chi connectivity index (χ0n) is 19.8. The lowest BCUT2D eigenvalue weighted by Gasteiger charge is -2.36. The summed E-state index contributed by atoms with van der Waals surface area (Å²) in [6.45, 7) is 3.76. The summed E-state index contributed by atoms with van der Waals surface area (Å²) in [5, 5.41) is 14.5. The summed E-state index contributed by atoms with van der Waals surface area (Å²) in [7, 11) is 2.83. The number of aliphatic imine (C=N–C) groups is 1. The molecule has 2 aromatic carbocycles. The lowest BCUT2D eigenvalue weighted by Crippen LogP contribution is -2.48. The molecule has 0 aliphatic carbocycles. The average Bonchev–Trinajstić information content (AvgIpc) is 2.86. The summed E-state index contributed by atoms with van der Waals surface area (Å²) in [4.78, 5) is 42.9. The van der Waals surface area contributed by atoms with E-state index in [9.17, 15) is 19.7 Å². The minimum atomic E-state index is -0.968. The number of carbonyl (C=O) groups excluding carboxylic acids is 2. The van der Waals surface area contributed by atoms with Crippen LogP contribution in [0.2, 0.25) is 0 Å². The third-order valence-electron chi connectivity index (χ3n) is 5.27. The number of urea groups is 1. The van der Waals surface area contributed by atoms with E-state index in [0.29, 0.717) is 28.7 Å². The van der Waals surface area contributed by atoms with Crippen LogP contribution in [0.4, 0.5) is 10.5 Å². The van der Waals surface area contributed by atoms with Gasteiger partial charge in [0.1, 0.15) is 11.8 Å². The summed E-state index contributed by atoms with van der Waals surface area (Å²) >= 11 is 1.31. The number of methoxy groups -OCH3 is 2. The highest BCUT2D eigenvalue weighted by molar-refractivity contribution is 8.13. The number of carbonyl (C=O) groups is 2. The molecule has 2 amide bonds. The number of non-ortho nitro benzene ring substituents is 1. The Bertz CT molecular complexity index is 1180. The third-order valence-corrected chi connectivity index (χ3v) is 6.29. The molecule has 3 rings (SSSR count). The van der Waals surface area contributed by atoms with Gasteiger partial charge in [0.2, 0.25) is 0 Å². The second-order valence-electron chi connectivity index (χ2n) is 7.48. The minimum Gasteiger partial charge on any atom is -0.497 e. The van der Waals surface area contributed by atoms with Gasteiger partial charge in [0.05, 0.1) is 30.4 Å². The van der Waals surface area contributed by atoms with Crippen molar-refractivity contribution in [1.29, 1.82) is 0 Å². The van der Waals surface area contributed by atoms with Gasteiger partial charge in [-0.2, -0.15) is 0 Å². The molecular weight excluding hydrogens is 472 g/mol. The van der Waals surface area contributed by atoms with E-state index in [0.717, 1.165) is 11.3 Å². The molecule has 1 unspecified atom stereocenters. The number of esters is 1. The van der Waals surface area contributed by atoms with Crippen LogP contribution in [0, 0.1) is 10.1 Å². The number of nitrogens with zero attached hydrogens (tertiary/aromatic N) is 3. The Balaban J connectivity index is 2.09. The standard InChI is InChI=1S/C24H26N4O6S/c1-5-25-23(30)27-21(17-7-6-8-18(13-17)28(31)32)20(22(29)34-4)15(2)26-24(27)35-14-16-9-11-19(33-3)12-10-16/h6-13,21H,5,14H2,1-4H3,(H,25,30). The van der Waals surface area contributed by atoms with Crippen molar-refractivity contribution in [2.24, 2.45) is 4.99 Å². The molecule has 0 radical (unpaired) electrons. The van der Waals surface area contributed by atoms with Crippen LogP contribution in [-0.2, 0) is 15.3 Å². The fourth-order valence-electron chi connectivity index (χ4n) is 3.60. The number of amidine groups is 1. The molecule has 184 valence electrons. The molecule has 35 heavy (non-hydrogen) atoms. The van der Waals surface area contributed by atoms with E-state index < -0.39 is 23.0 Å². The lowest BCUT2D eigenvalue weighted by atomic mass is 9.94. The van der Waals surface area contributed by atoms with Crippen LogP contribution in [0.1, 0.15) is 31.0 Å². The molecule has 0 saturated carbocycles. The molecule has 2 aromatic rings. The number of hydrogen-bond acceptors (Lipinski definition) is 8. The average molecular weight is 499 g/mol. The van der Waals surface area contributed by atoms with Crippen molar-refractivity contribution in [3.05, 3.63) is 81.0 Å². The molecule has 1 N–H and O–H groups in total. The Kier molecular flexibility index (Phi) is 8.48. The van der Waals surface area contributed by atoms with Crippen molar-refractivity contribution >= 4 is 34.6 Å². The molecule has 0 bridgehead atoms. The molecule has 0 aromatic heterocycles. The Morgan fingerprint density at radius 3 is 2.51 bits per heavy atom. The summed E-state index contributed by atoms with van der Waals surface area (Å²) in [5.74, 6) is 0.544. The highest BCUT2D eigenvalue weighted by Crippen LogP contribution is 2.39. The topological polar surface area (TPSA) is 123 Å². The van der Waals surface area contributed by atoms with Gasteiger partial charge in [-0.3, -0.25) is 15.0 Å². The first-order chi connectivity index (χ1) is 16.8. The van der Waals surface area contributed by atoms with Crippen molar-refractivity contribution in [1.82, 2.24) is 10.2 Å². The molecule has 0 saturated heterocycles. The van der Waals surface area contributed by atoms with E-state index in [1.165, 1.54) is 42.0 Å². The van der Waals surface area contributed by atoms with Crippen molar-refractivity contribution < 1.29 is 24.0 Å². The van der Waals surface area contributed by atoms with E-state index in [-0.39, 0.29) is 11.3 Å². The molecule has 1 atom stereocenters. The van der Waals surface area contributed by atoms with Gasteiger partial charge in [-0.15, -0.1) is 0 Å². The second-order valence-corrected chi connectivity index (χ2v) is 8.42. The number of nitro benzene ring substituents is 1. The van der Waals surface area contributed by atoms with Crippen LogP contribution in [-0.4, -0.2) is 47.8 Å². The molecule has 1 aliphatic rings. The zero-order chi connectivity index (χ0) is 25.5. The maximum absolute atomic E-state index is 13.3. The van der Waals surface area contributed by atoms with Gasteiger partial charge in [-0.1, -0.05) is 36.0 Å². The van der Waals surface area contributed by atoms with Gasteiger partial charge in [-0.25, -0.2) is 14.6 Å². The number of hydrogen-bond donors (Lipinski definition) is 1. The largest absolute Gasteiger partial charge is 0.497 e. The van der Waals surface area contributed by atoms with Crippen LogP contribution in [0.25, 0.3) is 0 Å². The number of nitrogens with one attached hydrogen (secondary N) is 1. The van der Waals surface area contributed by atoms with Crippen molar-refractivity contribution in [3.8, 4) is 5.75 Å². The summed E-state index contributed by atoms with van der Waals surface area (Å²) < 4.78 is 10.2. The van der Waals surface area contributed by atoms with Crippen LogP contribution in [0.5, 0.6) is 5.75 Å². The molecular formula is C24H26N4O6S. The molecule has 1 heterocycles. The first kappa shape index (κ1) is 25.8. The molecule has 1 aliphatic heterocycles. The number of rotatable bonds is 7. The van der Waals surface area contributed by atoms with Gasteiger partial charge in [0, 0.05) is 24.4 Å². The van der Waals surface area contributed by atoms with Crippen molar-refractivity contribution in [2.75, 3.05) is 20.8 Å². The Morgan fingerprint density at radius 1 is 1.20 bits per heavy atom. The Morgan fingerprint density at radius 2 is 1.91 bits per heavy atom. The quantitative estimate of drug-likeness (QED) is 0.340. The van der Waals surface area contributed by atoms with Gasteiger partial charge >= 0.3 is 12.0 Å². The van der Waals surface area contributed by atoms with Gasteiger partial charge in [-0.05, 0) is 37.1 Å². The number of allylic oxidation sites excluding steroid dienone is 1. The number of amides is 2. The zero-order valence-corrected chi connectivity index (χ0v) is 20.6. The van der Waals surface area contributed by atoms with Crippen LogP contribution < -0.4 is 10.1 Å². The predicted molar refractivity (Wildman–Crippen MR) is 133 cm³/mol. The smallest absolute Gasteiger partial charge is 0.338 e. The summed E-state index contributed by atoms with van der Waals surface area (Å²) in [6.07, 6.45) is 0. The van der Waals surface area contributed by atoms with E-state index in [2.05, 4.69) is 10.3 Å². The van der Waals surface area contributed by atoms with Crippen molar-refractivity contribution in [3.63, 3.8) is 0 Å². The number of benzene rings is 2. The van der Waals surface area contributed by atoms with E-state index in [1.54, 1.807) is 27.0 Å². The van der Waals surface area contributed by atoms with E-state index >= 15 is 0 Å². The highest BCUT2D eigenvalue weighted by Gasteiger charge is 2.40. The van der Waals surface area contributed by atoms with Crippen LogP contribution >= 0.6 is 11.8 Å². The van der Waals surface area contributed by atoms with Crippen molar-refractivity contribution in [2.45, 2.75) is 25.6 Å². The fraction of sp³-hybridized carbons (Fsp3) is 0.292. The monoisotopic (exact) mass is 498 g/mol. The normalized spacial score (nSPS) is 15.4. The summed E-state index contributed by atoms with van der Waals surface area (Å²) in [5.41, 5.74) is 1.71. The lowest BCUT2D eigenvalue weighted by molar-refractivity contribution is -0.384. The Labute approximate surface area is 207 Å². The van der Waals surface area contributed by atoms with Gasteiger partial charge in [0.15, 0.2) is 5.17 Å². The van der Waals surface area contributed by atoms with Crippen LogP contribution in [0.3, 0.4) is 0 Å². The number of ether oxygens (including phenoxy) is 2. The third kappa shape index (κ3) is 5.80. The second kappa shape index (κ2) is 11.5. The number of nitro groups is 1. The van der Waals surface area contributed by atoms with Crippen LogP contribution in [0.15, 0.2) is 64.8 Å². The maximum Gasteiger partial charge on any atom is 0.338 e. The summed E-state index contributed by atoms with van der Waals surface area (Å²) in [6, 6.07) is 11.9. The molecule has 0 fully saturated rings. The van der Waals surface area contributed by atoms with E-state index in [4.69, 9.17) is 9.47 Å². The molecule has 0 spiro atoms. The van der Waals surface area contributed by atoms with E-state index in [1.807, 2.05) is 24.3 Å².